The summed E-state index contributed by atoms with van der Waals surface area (Å²) < 4.78 is 13.4. The predicted octanol–water partition coefficient (Wildman–Crippen LogP) is 6.57. The van der Waals surface area contributed by atoms with E-state index in [1.165, 1.54) is 12.1 Å². The Hall–Kier alpha value is -1.56. The van der Waals surface area contributed by atoms with Crippen LogP contribution in [0.1, 0.15) is 66.6 Å². The van der Waals surface area contributed by atoms with Crippen molar-refractivity contribution < 1.29 is 18.6 Å². The van der Waals surface area contributed by atoms with E-state index in [4.69, 9.17) is 8.85 Å². The zero-order valence-corrected chi connectivity index (χ0v) is 24.4. The lowest BCUT2D eigenvalue weighted by Gasteiger charge is -2.43. The Morgan fingerprint density at radius 1 is 1.00 bits per heavy atom. The summed E-state index contributed by atoms with van der Waals surface area (Å²) in [5, 5.41) is 14.3. The molecule has 0 radical (unpaired) electrons. The van der Waals surface area contributed by atoms with Gasteiger partial charge in [0.1, 0.15) is 0 Å². The molecule has 0 aromatic heterocycles. The molecule has 0 fully saturated rings. The minimum atomic E-state index is -2.25. The number of nitrogens with one attached hydrogen (secondary N) is 1. The van der Waals surface area contributed by atoms with Crippen molar-refractivity contribution in [3.63, 3.8) is 0 Å². The van der Waals surface area contributed by atoms with Crippen LogP contribution < -0.4 is 5.32 Å². The van der Waals surface area contributed by atoms with Gasteiger partial charge >= 0.3 is 0 Å². The molecule has 0 aliphatic carbocycles. The largest absolute Gasteiger partial charge is 0.415 e. The molecule has 1 N–H and O–H groups in total. The molecule has 2 atom stereocenters. The number of rotatable bonds is 10. The van der Waals surface area contributed by atoms with Crippen molar-refractivity contribution in [2.75, 3.05) is 6.61 Å². The van der Waals surface area contributed by atoms with Gasteiger partial charge in [0.15, 0.2) is 16.6 Å². The van der Waals surface area contributed by atoms with E-state index >= 15 is 0 Å². The Bertz CT molecular complexity index is 812. The summed E-state index contributed by atoms with van der Waals surface area (Å²) in [6, 6.07) is 6.03. The van der Waals surface area contributed by atoms with E-state index in [1.54, 1.807) is 12.1 Å². The number of non-ortho nitro benzene ring substituents is 1. The highest BCUT2D eigenvalue weighted by Crippen LogP contribution is 2.41. The number of nitrogens with zero attached hydrogens (tertiary/aromatic N) is 1. The molecule has 0 heterocycles. The van der Waals surface area contributed by atoms with Gasteiger partial charge in [-0.3, -0.25) is 14.9 Å². The van der Waals surface area contributed by atoms with E-state index < -0.39 is 33.7 Å². The average Bonchev–Trinajstić information content (AvgIpc) is 2.67. The fourth-order valence-electron chi connectivity index (χ4n) is 2.69. The molecule has 33 heavy (non-hydrogen) atoms. The number of hydrogen-bond acceptors (Lipinski definition) is 5. The normalized spacial score (nSPS) is 15.1. The molecule has 0 aliphatic rings. The zero-order chi connectivity index (χ0) is 25.8. The molecule has 0 bridgehead atoms. The van der Waals surface area contributed by atoms with Crippen molar-refractivity contribution in [2.45, 2.75) is 103 Å². The lowest BCUT2D eigenvalue weighted by atomic mass is 10.0. The molecule has 0 saturated heterocycles. The third-order valence-electron chi connectivity index (χ3n) is 7.12. The van der Waals surface area contributed by atoms with Gasteiger partial charge < -0.3 is 14.2 Å². The summed E-state index contributed by atoms with van der Waals surface area (Å²) in [6.45, 7) is 23.9. The maximum absolute atomic E-state index is 12.5. The van der Waals surface area contributed by atoms with E-state index in [-0.39, 0.29) is 21.7 Å². The van der Waals surface area contributed by atoms with Gasteiger partial charge in [0, 0.05) is 18.6 Å². The lowest BCUT2D eigenvalue weighted by Crippen LogP contribution is -2.51. The standard InChI is InChI=1S/C24H44N2O5Si2/c1-12-21(27)25-20(17-30-32(8,9)23(2,3)4)22(31-33(10,11)24(5,6)7)18-13-15-19(16-14-18)26(28)29/h13-16,20,22H,12,17H2,1-11H3,(H,25,27). The van der Waals surface area contributed by atoms with Crippen molar-refractivity contribution in [3.8, 4) is 0 Å². The van der Waals surface area contributed by atoms with Gasteiger partial charge in [0.25, 0.3) is 5.69 Å². The van der Waals surface area contributed by atoms with Crippen molar-refractivity contribution in [3.05, 3.63) is 39.9 Å². The van der Waals surface area contributed by atoms with Crippen LogP contribution in [0.25, 0.3) is 0 Å². The van der Waals surface area contributed by atoms with Crippen LogP contribution in [0.4, 0.5) is 5.69 Å². The number of benzene rings is 1. The van der Waals surface area contributed by atoms with Gasteiger partial charge in [-0.25, -0.2) is 0 Å². The summed E-state index contributed by atoms with van der Waals surface area (Å²) in [4.78, 5) is 23.3. The lowest BCUT2D eigenvalue weighted by molar-refractivity contribution is -0.384. The van der Waals surface area contributed by atoms with Crippen LogP contribution in [-0.4, -0.2) is 40.1 Å². The Kier molecular flexibility index (Phi) is 9.64. The topological polar surface area (TPSA) is 90.7 Å². The Balaban J connectivity index is 3.46. The van der Waals surface area contributed by atoms with Crippen molar-refractivity contribution in [1.82, 2.24) is 5.32 Å². The zero-order valence-electron chi connectivity index (χ0n) is 22.4. The van der Waals surface area contributed by atoms with Gasteiger partial charge in [0.2, 0.25) is 5.91 Å². The van der Waals surface area contributed by atoms with Crippen LogP contribution in [0.3, 0.4) is 0 Å². The van der Waals surface area contributed by atoms with Crippen LogP contribution >= 0.6 is 0 Å². The monoisotopic (exact) mass is 496 g/mol. The summed E-state index contributed by atoms with van der Waals surface area (Å²) in [5.41, 5.74) is 0.821. The molecule has 0 spiro atoms. The van der Waals surface area contributed by atoms with Gasteiger partial charge in [-0.05, 0) is 54.0 Å². The van der Waals surface area contributed by atoms with Crippen LogP contribution in [-0.2, 0) is 13.6 Å². The van der Waals surface area contributed by atoms with Crippen molar-refractivity contribution >= 4 is 28.2 Å². The predicted molar refractivity (Wildman–Crippen MR) is 139 cm³/mol. The number of nitro benzene ring substituents is 1. The molecular weight excluding hydrogens is 452 g/mol. The first-order chi connectivity index (χ1) is 14.8. The van der Waals surface area contributed by atoms with Crippen LogP contribution in [0, 0.1) is 10.1 Å². The van der Waals surface area contributed by atoms with Crippen molar-refractivity contribution in [1.29, 1.82) is 0 Å². The van der Waals surface area contributed by atoms with Gasteiger partial charge in [-0.1, -0.05) is 48.5 Å². The molecule has 9 heteroatoms. The van der Waals surface area contributed by atoms with Crippen LogP contribution in [0.5, 0.6) is 0 Å². The maximum Gasteiger partial charge on any atom is 0.269 e. The van der Waals surface area contributed by atoms with Gasteiger partial charge in [-0.2, -0.15) is 0 Å². The highest BCUT2D eigenvalue weighted by molar-refractivity contribution is 6.74. The number of carbonyl (C=O) groups is 1. The molecule has 1 aromatic rings. The van der Waals surface area contributed by atoms with Gasteiger partial charge in [0.05, 0.1) is 23.7 Å². The quantitative estimate of drug-likeness (QED) is 0.225. The van der Waals surface area contributed by atoms with E-state index in [2.05, 4.69) is 73.0 Å². The smallest absolute Gasteiger partial charge is 0.269 e. The molecule has 0 aliphatic heterocycles. The van der Waals surface area contributed by atoms with Crippen LogP contribution in [0.2, 0.25) is 36.3 Å². The summed E-state index contributed by atoms with van der Waals surface area (Å²) in [7, 11) is -4.33. The number of hydrogen-bond donors (Lipinski definition) is 1. The second kappa shape index (κ2) is 10.8. The number of carbonyl (C=O) groups excluding carboxylic acids is 1. The minimum absolute atomic E-state index is 0.0233. The number of nitro groups is 1. The second-order valence-electron chi connectivity index (χ2n) is 11.7. The van der Waals surface area contributed by atoms with E-state index in [0.29, 0.717) is 13.0 Å². The fraction of sp³-hybridized carbons (Fsp3) is 0.708. The Morgan fingerprint density at radius 3 is 1.88 bits per heavy atom. The van der Waals surface area contributed by atoms with Crippen LogP contribution in [0.15, 0.2) is 24.3 Å². The molecule has 188 valence electrons. The maximum atomic E-state index is 12.5. The van der Waals surface area contributed by atoms with E-state index in [9.17, 15) is 14.9 Å². The second-order valence-corrected chi connectivity index (χ2v) is 21.3. The fourth-order valence-corrected chi connectivity index (χ4v) is 5.01. The Labute approximate surface area is 202 Å². The third-order valence-corrected chi connectivity index (χ3v) is 16.1. The molecule has 2 unspecified atom stereocenters. The molecule has 1 rings (SSSR count). The van der Waals surface area contributed by atoms with E-state index in [1.807, 2.05) is 6.92 Å². The van der Waals surface area contributed by atoms with E-state index in [0.717, 1.165) is 5.56 Å². The summed E-state index contributed by atoms with van der Waals surface area (Å²) in [6.07, 6.45) is -0.129. The molecular formula is C24H44N2O5Si2. The summed E-state index contributed by atoms with van der Waals surface area (Å²) in [5.74, 6) is -0.0791. The molecule has 1 amide bonds. The highest BCUT2D eigenvalue weighted by atomic mass is 28.4. The summed E-state index contributed by atoms with van der Waals surface area (Å²) >= 11 is 0. The average molecular weight is 497 g/mol. The number of amides is 1. The first-order valence-electron chi connectivity index (χ1n) is 11.7. The first-order valence-corrected chi connectivity index (χ1v) is 17.5. The highest BCUT2D eigenvalue weighted by Gasteiger charge is 2.43. The molecule has 0 saturated carbocycles. The molecule has 7 nitrogen and oxygen atoms in total. The minimum Gasteiger partial charge on any atom is -0.415 e. The van der Waals surface area contributed by atoms with Crippen molar-refractivity contribution in [2.24, 2.45) is 0 Å². The Morgan fingerprint density at radius 2 is 1.48 bits per heavy atom. The van der Waals surface area contributed by atoms with Gasteiger partial charge in [-0.15, -0.1) is 0 Å². The third kappa shape index (κ3) is 8.01. The first kappa shape index (κ1) is 29.5. The molecule has 1 aromatic carbocycles. The SMILES string of the molecule is CCC(=O)NC(CO[Si](C)(C)C(C)(C)C)C(O[Si](C)(C)C(C)(C)C)c1ccc([N+](=O)[O-])cc1.